The van der Waals surface area contributed by atoms with Gasteiger partial charge in [0.05, 0.1) is 0 Å². The molecule has 0 spiro atoms. The first-order valence-electron chi connectivity index (χ1n) is 7.98. The average molecular weight is 382 g/mol. The van der Waals surface area contributed by atoms with Crippen LogP contribution in [0.15, 0.2) is 53.2 Å². The molecule has 0 aliphatic heterocycles. The minimum absolute atomic E-state index is 0.0732. The van der Waals surface area contributed by atoms with Crippen LogP contribution in [0, 0.1) is 6.92 Å². The van der Waals surface area contributed by atoms with E-state index in [0.717, 1.165) is 0 Å². The van der Waals surface area contributed by atoms with E-state index in [2.05, 4.69) is 29.8 Å². The second-order valence-corrected chi connectivity index (χ2v) is 7.45. The second kappa shape index (κ2) is 6.72. The summed E-state index contributed by atoms with van der Waals surface area (Å²) in [6.07, 6.45) is 1.61. The van der Waals surface area contributed by atoms with Crippen LogP contribution in [0.25, 0.3) is 22.5 Å². The van der Waals surface area contributed by atoms with Crippen molar-refractivity contribution in [2.75, 3.05) is 4.72 Å². The van der Waals surface area contributed by atoms with Gasteiger partial charge in [-0.2, -0.15) is 9.97 Å². The molecule has 27 heavy (non-hydrogen) atoms. The highest BCUT2D eigenvalue weighted by atomic mass is 32.2. The molecular formula is C17H14N6O3S. The minimum Gasteiger partial charge on any atom is -0.356 e. The van der Waals surface area contributed by atoms with Crippen LogP contribution in [0.2, 0.25) is 0 Å². The Bertz CT molecular complexity index is 1210. The first-order valence-corrected chi connectivity index (χ1v) is 9.63. The summed E-state index contributed by atoms with van der Waals surface area (Å²) < 4.78 is 32.6. The Balaban J connectivity index is 1.62. The van der Waals surface area contributed by atoms with Crippen molar-refractivity contribution in [3.63, 3.8) is 0 Å². The second-order valence-electron chi connectivity index (χ2n) is 5.73. The SMILES string of the molecule is Cc1nc(NS(=O)(=O)Cc2noc3ccccc23)nc(-c2ccccn2)n1. The quantitative estimate of drug-likeness (QED) is 0.558. The molecule has 9 nitrogen and oxygen atoms in total. The van der Waals surface area contributed by atoms with E-state index in [9.17, 15) is 8.42 Å². The molecule has 0 unspecified atom stereocenters. The lowest BCUT2D eigenvalue weighted by molar-refractivity contribution is 0.448. The molecule has 1 aromatic carbocycles. The summed E-state index contributed by atoms with van der Waals surface area (Å²) >= 11 is 0. The van der Waals surface area contributed by atoms with E-state index in [0.29, 0.717) is 28.2 Å². The van der Waals surface area contributed by atoms with Crippen LogP contribution in [0.1, 0.15) is 11.5 Å². The van der Waals surface area contributed by atoms with Crippen LogP contribution < -0.4 is 4.72 Å². The molecule has 0 bridgehead atoms. The highest BCUT2D eigenvalue weighted by Gasteiger charge is 2.19. The van der Waals surface area contributed by atoms with Crippen molar-refractivity contribution in [2.45, 2.75) is 12.7 Å². The molecule has 0 aliphatic rings. The predicted molar refractivity (Wildman–Crippen MR) is 98.1 cm³/mol. The number of rotatable bonds is 5. The molecule has 0 amide bonds. The van der Waals surface area contributed by atoms with Crippen molar-refractivity contribution in [3.05, 3.63) is 60.2 Å². The standard InChI is InChI=1S/C17H14N6O3S/c1-11-19-16(13-7-4-5-9-18-13)21-17(20-11)23-27(24,25)10-14-12-6-2-3-8-15(12)26-22-14/h2-9H,10H2,1H3,(H,19,20,21,23). The number of para-hydroxylation sites is 1. The van der Waals surface area contributed by atoms with Gasteiger partial charge in [-0.3, -0.25) is 9.71 Å². The molecular weight excluding hydrogens is 368 g/mol. The third-order valence-corrected chi connectivity index (χ3v) is 4.81. The lowest BCUT2D eigenvalue weighted by Gasteiger charge is -2.07. The molecule has 1 N–H and O–H groups in total. The highest BCUT2D eigenvalue weighted by Crippen LogP contribution is 2.20. The Hall–Kier alpha value is -3.40. The summed E-state index contributed by atoms with van der Waals surface area (Å²) in [4.78, 5) is 16.6. The number of benzene rings is 1. The van der Waals surface area contributed by atoms with Gasteiger partial charge >= 0.3 is 0 Å². The lowest BCUT2D eigenvalue weighted by Crippen LogP contribution is -2.18. The smallest absolute Gasteiger partial charge is 0.240 e. The maximum Gasteiger partial charge on any atom is 0.240 e. The van der Waals surface area contributed by atoms with Gasteiger partial charge in [-0.1, -0.05) is 23.4 Å². The van der Waals surface area contributed by atoms with Crippen LogP contribution in [0.5, 0.6) is 0 Å². The van der Waals surface area contributed by atoms with Gasteiger partial charge < -0.3 is 4.52 Å². The molecule has 0 saturated heterocycles. The summed E-state index contributed by atoms with van der Waals surface area (Å²) in [5.41, 5.74) is 1.36. The van der Waals surface area contributed by atoms with Crippen molar-refractivity contribution in [1.29, 1.82) is 0 Å². The van der Waals surface area contributed by atoms with Crippen molar-refractivity contribution < 1.29 is 12.9 Å². The largest absolute Gasteiger partial charge is 0.356 e. The molecule has 0 radical (unpaired) electrons. The average Bonchev–Trinajstić information content (AvgIpc) is 3.04. The fraction of sp³-hybridized carbons (Fsp3) is 0.118. The van der Waals surface area contributed by atoms with Crippen molar-refractivity contribution in [3.8, 4) is 11.5 Å². The highest BCUT2D eigenvalue weighted by molar-refractivity contribution is 7.91. The normalized spacial score (nSPS) is 11.6. The molecule has 10 heteroatoms. The molecule has 3 aromatic heterocycles. The van der Waals surface area contributed by atoms with Gasteiger partial charge in [0.2, 0.25) is 16.0 Å². The molecule has 0 atom stereocenters. The molecule has 4 aromatic rings. The van der Waals surface area contributed by atoms with Crippen LogP contribution in [-0.4, -0.2) is 33.5 Å². The first-order chi connectivity index (χ1) is 13.0. The number of fused-ring (bicyclic) bond motifs is 1. The Morgan fingerprint density at radius 1 is 1.04 bits per heavy atom. The number of anilines is 1. The summed E-state index contributed by atoms with van der Waals surface area (Å²) in [6, 6.07) is 12.3. The number of sulfonamides is 1. The molecule has 3 heterocycles. The fourth-order valence-electron chi connectivity index (χ4n) is 2.53. The topological polar surface area (TPSA) is 124 Å². The maximum absolute atomic E-state index is 12.6. The van der Waals surface area contributed by atoms with Crippen molar-refractivity contribution in [1.82, 2.24) is 25.1 Å². The van der Waals surface area contributed by atoms with E-state index >= 15 is 0 Å². The Morgan fingerprint density at radius 3 is 2.67 bits per heavy atom. The number of nitrogens with zero attached hydrogens (tertiary/aromatic N) is 5. The third-order valence-electron chi connectivity index (χ3n) is 3.67. The van der Waals surface area contributed by atoms with Crippen molar-refractivity contribution in [2.24, 2.45) is 0 Å². The first kappa shape index (κ1) is 17.0. The minimum atomic E-state index is -3.81. The lowest BCUT2D eigenvalue weighted by atomic mass is 10.2. The van der Waals surface area contributed by atoms with Crippen LogP contribution >= 0.6 is 0 Å². The van der Waals surface area contributed by atoms with Gasteiger partial charge in [0.15, 0.2) is 11.4 Å². The predicted octanol–water partition coefficient (Wildman–Crippen LogP) is 2.33. The molecule has 0 fully saturated rings. The number of pyridine rings is 1. The van der Waals surface area contributed by atoms with Gasteiger partial charge in [-0.15, -0.1) is 0 Å². The van der Waals surface area contributed by atoms with Crippen LogP contribution in [0.3, 0.4) is 0 Å². The Labute approximate surface area is 154 Å². The summed E-state index contributed by atoms with van der Waals surface area (Å²) in [6.45, 7) is 1.65. The monoisotopic (exact) mass is 382 g/mol. The number of hydrogen-bond acceptors (Lipinski definition) is 8. The maximum atomic E-state index is 12.6. The molecule has 0 aliphatic carbocycles. The number of nitrogens with one attached hydrogen (secondary N) is 1. The fourth-order valence-corrected chi connectivity index (χ4v) is 3.54. The van der Waals surface area contributed by atoms with Crippen LogP contribution in [-0.2, 0) is 15.8 Å². The molecule has 4 rings (SSSR count). The number of aryl methyl sites for hydroxylation is 1. The zero-order valence-electron chi connectivity index (χ0n) is 14.2. The Kier molecular flexibility index (Phi) is 4.24. The van der Waals surface area contributed by atoms with Gasteiger partial charge in [-0.05, 0) is 31.2 Å². The summed E-state index contributed by atoms with van der Waals surface area (Å²) in [5, 5.41) is 4.49. The Morgan fingerprint density at radius 2 is 1.85 bits per heavy atom. The van der Waals surface area contributed by atoms with E-state index < -0.39 is 10.0 Å². The van der Waals surface area contributed by atoms with Gasteiger partial charge in [0, 0.05) is 11.6 Å². The van der Waals surface area contributed by atoms with E-state index in [1.54, 1.807) is 55.6 Å². The summed E-state index contributed by atoms with van der Waals surface area (Å²) in [5.74, 6) is 0.215. The van der Waals surface area contributed by atoms with E-state index in [-0.39, 0.29) is 17.5 Å². The van der Waals surface area contributed by atoms with E-state index in [1.807, 2.05) is 0 Å². The summed E-state index contributed by atoms with van der Waals surface area (Å²) in [7, 11) is -3.81. The van der Waals surface area contributed by atoms with Crippen molar-refractivity contribution >= 4 is 26.9 Å². The number of aromatic nitrogens is 5. The van der Waals surface area contributed by atoms with E-state index in [1.165, 1.54) is 0 Å². The molecule has 136 valence electrons. The zero-order chi connectivity index (χ0) is 18.9. The molecule has 0 saturated carbocycles. The third kappa shape index (κ3) is 3.75. The van der Waals surface area contributed by atoms with Gasteiger partial charge in [0.1, 0.15) is 23.0 Å². The van der Waals surface area contributed by atoms with Gasteiger partial charge in [0.25, 0.3) is 0 Å². The number of hydrogen-bond donors (Lipinski definition) is 1. The van der Waals surface area contributed by atoms with E-state index in [4.69, 9.17) is 4.52 Å². The van der Waals surface area contributed by atoms with Crippen LogP contribution in [0.4, 0.5) is 5.95 Å². The van der Waals surface area contributed by atoms with Gasteiger partial charge in [-0.25, -0.2) is 13.4 Å². The zero-order valence-corrected chi connectivity index (χ0v) is 15.0.